The summed E-state index contributed by atoms with van der Waals surface area (Å²) in [5.41, 5.74) is 2.87. The van der Waals surface area contributed by atoms with Crippen molar-refractivity contribution in [3.8, 4) is 0 Å². The Morgan fingerprint density at radius 1 is 0.625 bits per heavy atom. The Bertz CT molecular complexity index is 252. The van der Waals surface area contributed by atoms with Gasteiger partial charge in [0.25, 0.3) is 0 Å². The van der Waals surface area contributed by atoms with Gasteiger partial charge in [0.05, 0.1) is 0 Å². The van der Waals surface area contributed by atoms with E-state index in [-0.39, 0.29) is 0 Å². The molecule has 0 aliphatic carbocycles. The molecule has 24 heavy (non-hydrogen) atoms. The summed E-state index contributed by atoms with van der Waals surface area (Å²) in [5, 5.41) is 0. The molecule has 0 unspecified atom stereocenters. The molecule has 0 saturated heterocycles. The molecule has 0 spiro atoms. The summed E-state index contributed by atoms with van der Waals surface area (Å²) >= 11 is 4.94. The molecule has 0 aliphatic heterocycles. The fourth-order valence-corrected chi connectivity index (χ4v) is 3.54. The molecular weight excluding hydrogens is 310 g/mol. The number of nitrogens with zero attached hydrogens (tertiary/aromatic N) is 1. The van der Waals surface area contributed by atoms with E-state index >= 15 is 0 Å². The molecule has 143 valence electrons. The zero-order chi connectivity index (χ0) is 17.9. The fraction of sp³-hybridized carbons (Fsp3) is 0.955. The summed E-state index contributed by atoms with van der Waals surface area (Å²) in [6.45, 7) is 7.75. The Morgan fingerprint density at radius 3 is 1.25 bits per heavy atom. The normalized spacial score (nSPS) is 11.2. The van der Waals surface area contributed by atoms with E-state index in [2.05, 4.69) is 31.2 Å². The fourth-order valence-electron chi connectivity index (χ4n) is 3.24. The van der Waals surface area contributed by atoms with Crippen molar-refractivity contribution in [2.24, 2.45) is 0 Å². The van der Waals surface area contributed by atoms with Crippen molar-refractivity contribution in [2.45, 2.75) is 130 Å². The second-order valence-corrected chi connectivity index (χ2v) is 7.86. The zero-order valence-electron chi connectivity index (χ0n) is 17.0. The van der Waals surface area contributed by atoms with Gasteiger partial charge in [-0.1, -0.05) is 115 Å². The number of rotatable bonds is 19. The largest absolute Gasteiger partial charge is 0.358 e. The molecule has 0 aromatic rings. The summed E-state index contributed by atoms with van der Waals surface area (Å²) in [6, 6.07) is 0.499. The van der Waals surface area contributed by atoms with Crippen LogP contribution in [0.5, 0.6) is 0 Å². The highest BCUT2D eigenvalue weighted by atomic mass is 32.1. The Labute approximate surface area is 159 Å². The molecule has 0 rings (SSSR count). The Balaban J connectivity index is 3.11. The van der Waals surface area contributed by atoms with Gasteiger partial charge in [-0.25, -0.2) is 0 Å². The molecule has 0 aromatic heterocycles. The van der Waals surface area contributed by atoms with Crippen molar-refractivity contribution in [3.63, 3.8) is 0 Å². The minimum Gasteiger partial charge on any atom is -0.358 e. The van der Waals surface area contributed by atoms with Crippen LogP contribution in [0.2, 0.25) is 0 Å². The van der Waals surface area contributed by atoms with Gasteiger partial charge in [0.15, 0.2) is 0 Å². The van der Waals surface area contributed by atoms with E-state index in [0.717, 1.165) is 6.54 Å². The minimum atomic E-state index is 0.499. The molecule has 2 heteroatoms. The summed E-state index contributed by atoms with van der Waals surface area (Å²) < 4.78 is 0. The van der Waals surface area contributed by atoms with Gasteiger partial charge < -0.3 is 4.90 Å². The van der Waals surface area contributed by atoms with Crippen LogP contribution >= 0.6 is 12.2 Å². The maximum Gasteiger partial charge on any atom is 0.137 e. The highest BCUT2D eigenvalue weighted by Crippen LogP contribution is 2.13. The van der Waals surface area contributed by atoms with Gasteiger partial charge in [-0.15, -0.1) is 0 Å². The van der Waals surface area contributed by atoms with Gasteiger partial charge in [-0.05, 0) is 20.3 Å². The van der Waals surface area contributed by atoms with Crippen LogP contribution in [0.4, 0.5) is 0 Å². The molecule has 0 amide bonds. The van der Waals surface area contributed by atoms with Gasteiger partial charge in [0.2, 0.25) is 0 Å². The molecule has 0 aromatic carbocycles. The van der Waals surface area contributed by atoms with E-state index in [0.29, 0.717) is 6.04 Å². The predicted molar refractivity (Wildman–Crippen MR) is 114 cm³/mol. The van der Waals surface area contributed by atoms with Crippen LogP contribution in [0.15, 0.2) is 0 Å². The van der Waals surface area contributed by atoms with E-state index in [1.807, 2.05) is 0 Å². The van der Waals surface area contributed by atoms with E-state index in [1.165, 1.54) is 103 Å². The number of hydrogen-bond donors (Lipinski definition) is 0. The van der Waals surface area contributed by atoms with Crippen LogP contribution in [0.3, 0.4) is 0 Å². The molecule has 0 N–H and O–H groups in total. The third kappa shape index (κ3) is 16.7. The Kier molecular flexibility index (Phi) is 19.1. The summed E-state index contributed by atoms with van der Waals surface area (Å²) in [5.74, 6) is 0. The van der Waals surface area contributed by atoms with E-state index in [4.69, 9.17) is 12.2 Å². The van der Waals surface area contributed by atoms with Crippen LogP contribution in [-0.2, 0) is 0 Å². The second kappa shape index (κ2) is 19.2. The van der Waals surface area contributed by atoms with E-state index in [9.17, 15) is 0 Å². The van der Waals surface area contributed by atoms with Crippen LogP contribution < -0.4 is 0 Å². The second-order valence-electron chi connectivity index (χ2n) is 7.68. The monoisotopic (exact) mass is 354 g/mol. The molecule has 0 aliphatic rings. The van der Waals surface area contributed by atoms with Crippen molar-refractivity contribution < 1.29 is 0 Å². The van der Waals surface area contributed by atoms with Gasteiger partial charge in [-0.3, -0.25) is 0 Å². The third-order valence-electron chi connectivity index (χ3n) is 4.99. The first-order valence-electron chi connectivity index (χ1n) is 10.9. The first kappa shape index (κ1) is 23.9. The molecule has 0 saturated carbocycles. The molecule has 0 atom stereocenters. The van der Waals surface area contributed by atoms with Gasteiger partial charge in [0.1, 0.15) is 5.49 Å². The van der Waals surface area contributed by atoms with Crippen LogP contribution in [-0.4, -0.2) is 23.0 Å². The molecule has 0 heterocycles. The topological polar surface area (TPSA) is 3.24 Å². The Morgan fingerprint density at radius 2 is 0.958 bits per heavy atom. The average Bonchev–Trinajstić information content (AvgIpc) is 2.57. The van der Waals surface area contributed by atoms with Crippen molar-refractivity contribution in [1.82, 2.24) is 4.90 Å². The quantitative estimate of drug-likeness (QED) is 0.132. The minimum absolute atomic E-state index is 0.499. The number of thiocarbonyl (C=S) groups is 1. The lowest BCUT2D eigenvalue weighted by atomic mass is 10.0. The highest BCUT2D eigenvalue weighted by Gasteiger charge is 2.03. The number of hydrogen-bond acceptors (Lipinski definition) is 1. The first-order chi connectivity index (χ1) is 11.7. The van der Waals surface area contributed by atoms with Crippen molar-refractivity contribution in [1.29, 1.82) is 0 Å². The highest BCUT2D eigenvalue weighted by molar-refractivity contribution is 7.78. The lowest BCUT2D eigenvalue weighted by molar-refractivity contribution is 0.352. The smallest absolute Gasteiger partial charge is 0.137 e. The van der Waals surface area contributed by atoms with Crippen LogP contribution in [0, 0.1) is 0 Å². The van der Waals surface area contributed by atoms with Gasteiger partial charge >= 0.3 is 0 Å². The third-order valence-corrected chi connectivity index (χ3v) is 5.23. The Hall–Kier alpha value is -0.110. The van der Waals surface area contributed by atoms with E-state index < -0.39 is 0 Å². The first-order valence-corrected chi connectivity index (χ1v) is 11.3. The maximum atomic E-state index is 4.94. The van der Waals surface area contributed by atoms with E-state index in [1.54, 1.807) is 0 Å². The molecule has 1 radical (unpaired) electrons. The van der Waals surface area contributed by atoms with Crippen LogP contribution in [0.1, 0.15) is 124 Å². The van der Waals surface area contributed by atoms with Gasteiger partial charge in [-0.2, -0.15) is 0 Å². The maximum absolute atomic E-state index is 4.94. The van der Waals surface area contributed by atoms with Crippen LogP contribution in [0.25, 0.3) is 0 Å². The molecule has 1 nitrogen and oxygen atoms in total. The summed E-state index contributed by atoms with van der Waals surface area (Å²) in [6.07, 6.45) is 22.8. The predicted octanol–water partition coefficient (Wildman–Crippen LogP) is 7.79. The van der Waals surface area contributed by atoms with Crippen molar-refractivity contribution in [3.05, 3.63) is 0 Å². The molecule has 0 fully saturated rings. The average molecular weight is 355 g/mol. The lowest BCUT2D eigenvalue weighted by Crippen LogP contribution is -2.29. The SMILES string of the molecule is CCCCCCCCCCCCCCCCCCN([C]=S)C(C)C. The van der Waals surface area contributed by atoms with Crippen molar-refractivity contribution in [2.75, 3.05) is 6.54 Å². The lowest BCUT2D eigenvalue weighted by Gasteiger charge is -2.22. The molecule has 0 bridgehead atoms. The van der Waals surface area contributed by atoms with Gasteiger partial charge in [0, 0.05) is 12.6 Å². The van der Waals surface area contributed by atoms with Crippen molar-refractivity contribution >= 4 is 17.7 Å². The zero-order valence-corrected chi connectivity index (χ0v) is 17.8. The molecular formula is C22H44NS. The standard InChI is InChI=1S/C22H44NS/c1-4-5-6-7-8-9-10-11-12-13-14-15-16-17-18-19-20-23(21-24)22(2)3/h22H,4-20H2,1-3H3. The summed E-state index contributed by atoms with van der Waals surface area (Å²) in [7, 11) is 0. The summed E-state index contributed by atoms with van der Waals surface area (Å²) in [4.78, 5) is 2.15. The number of unbranched alkanes of at least 4 members (excludes halogenated alkanes) is 15.